The largest absolute Gasteiger partial charge is 0.229 e. The van der Waals surface area contributed by atoms with Crippen LogP contribution in [0, 0.1) is 0 Å². The Labute approximate surface area is 106 Å². The maximum atomic E-state index is 12.5. The summed E-state index contributed by atoms with van der Waals surface area (Å²) in [5.74, 6) is 0. The standard InChI is InChI=1S/C16H25O/c1-3-12-16(17,13-4-2)14-8-11-15-9-6-5-7-10-15/h5-7,9-10H,3-4,8,11-14H2,1-2H3. The Morgan fingerprint density at radius 1 is 0.941 bits per heavy atom. The van der Waals surface area contributed by atoms with Crippen molar-refractivity contribution in [1.82, 2.24) is 0 Å². The number of aryl methyl sites for hydroxylation is 1. The van der Waals surface area contributed by atoms with Crippen LogP contribution >= 0.6 is 0 Å². The molecule has 1 heteroatoms. The Bertz CT molecular complexity index is 286. The lowest BCUT2D eigenvalue weighted by molar-refractivity contribution is -0.0528. The zero-order valence-electron chi connectivity index (χ0n) is 11.2. The molecule has 0 N–H and O–H groups in total. The molecule has 0 spiro atoms. The van der Waals surface area contributed by atoms with Crippen LogP contribution in [-0.2, 0) is 11.5 Å². The molecule has 0 aliphatic carbocycles. The Kier molecular flexibility index (Phi) is 6.28. The maximum absolute atomic E-state index is 12.5. The first-order chi connectivity index (χ1) is 8.20. The minimum absolute atomic E-state index is 0.668. The van der Waals surface area contributed by atoms with Gasteiger partial charge in [-0.2, -0.15) is 0 Å². The number of rotatable bonds is 8. The van der Waals surface area contributed by atoms with Crippen molar-refractivity contribution >= 4 is 0 Å². The van der Waals surface area contributed by atoms with Crippen LogP contribution in [0.15, 0.2) is 30.3 Å². The molecule has 0 unspecified atom stereocenters. The number of hydrogen-bond acceptors (Lipinski definition) is 0. The first-order valence-corrected chi connectivity index (χ1v) is 6.94. The second kappa shape index (κ2) is 7.50. The van der Waals surface area contributed by atoms with E-state index in [-0.39, 0.29) is 0 Å². The van der Waals surface area contributed by atoms with Gasteiger partial charge in [-0.1, -0.05) is 57.0 Å². The van der Waals surface area contributed by atoms with Gasteiger partial charge < -0.3 is 0 Å². The number of benzene rings is 1. The first-order valence-electron chi connectivity index (χ1n) is 6.94. The van der Waals surface area contributed by atoms with Gasteiger partial charge in [0.25, 0.3) is 0 Å². The van der Waals surface area contributed by atoms with Gasteiger partial charge in [-0.15, -0.1) is 0 Å². The van der Waals surface area contributed by atoms with E-state index in [0.717, 1.165) is 44.9 Å². The molecule has 0 saturated carbocycles. The van der Waals surface area contributed by atoms with Crippen molar-refractivity contribution < 1.29 is 5.11 Å². The molecule has 1 aromatic rings. The topological polar surface area (TPSA) is 19.9 Å². The van der Waals surface area contributed by atoms with E-state index in [2.05, 4.69) is 38.1 Å². The Morgan fingerprint density at radius 2 is 1.53 bits per heavy atom. The van der Waals surface area contributed by atoms with Crippen molar-refractivity contribution in [3.05, 3.63) is 35.9 Å². The molecule has 1 rings (SSSR count). The van der Waals surface area contributed by atoms with Gasteiger partial charge in [-0.05, 0) is 37.7 Å². The van der Waals surface area contributed by atoms with E-state index < -0.39 is 5.60 Å². The molecule has 0 amide bonds. The summed E-state index contributed by atoms with van der Waals surface area (Å²) in [6.07, 6.45) is 6.56. The molecule has 1 aromatic carbocycles. The van der Waals surface area contributed by atoms with E-state index in [4.69, 9.17) is 0 Å². The van der Waals surface area contributed by atoms with Gasteiger partial charge in [0.05, 0.1) is 0 Å². The minimum atomic E-state index is -0.668. The van der Waals surface area contributed by atoms with E-state index in [0.29, 0.717) is 0 Å². The van der Waals surface area contributed by atoms with Crippen molar-refractivity contribution in [3.63, 3.8) is 0 Å². The quantitative estimate of drug-likeness (QED) is 0.616. The first kappa shape index (κ1) is 14.2. The lowest BCUT2D eigenvalue weighted by Gasteiger charge is -2.24. The van der Waals surface area contributed by atoms with E-state index in [9.17, 15) is 5.11 Å². The highest BCUT2D eigenvalue weighted by Crippen LogP contribution is 2.26. The summed E-state index contributed by atoms with van der Waals surface area (Å²) in [5, 5.41) is 12.5. The molecule has 0 saturated heterocycles. The predicted molar refractivity (Wildman–Crippen MR) is 72.6 cm³/mol. The summed E-state index contributed by atoms with van der Waals surface area (Å²) in [5.41, 5.74) is 0.681. The molecule has 0 aromatic heterocycles. The highest BCUT2D eigenvalue weighted by molar-refractivity contribution is 5.14. The third-order valence-corrected chi connectivity index (χ3v) is 3.35. The van der Waals surface area contributed by atoms with E-state index in [1.165, 1.54) is 5.56 Å². The van der Waals surface area contributed by atoms with Gasteiger partial charge in [0.1, 0.15) is 5.60 Å². The Morgan fingerprint density at radius 3 is 2.06 bits per heavy atom. The molecule has 1 nitrogen and oxygen atoms in total. The minimum Gasteiger partial charge on any atom is -0.229 e. The van der Waals surface area contributed by atoms with Crippen LogP contribution in [0.2, 0.25) is 0 Å². The molecule has 0 heterocycles. The van der Waals surface area contributed by atoms with Crippen molar-refractivity contribution in [2.24, 2.45) is 0 Å². The molecular formula is C16H25O. The SMILES string of the molecule is CCCC([O])(CCC)CCCc1ccccc1. The van der Waals surface area contributed by atoms with Crippen LogP contribution in [0.25, 0.3) is 0 Å². The molecule has 17 heavy (non-hydrogen) atoms. The summed E-state index contributed by atoms with van der Waals surface area (Å²) < 4.78 is 0. The third kappa shape index (κ3) is 5.36. The van der Waals surface area contributed by atoms with Crippen LogP contribution in [-0.4, -0.2) is 5.60 Å². The monoisotopic (exact) mass is 233 g/mol. The lowest BCUT2D eigenvalue weighted by atomic mass is 9.87. The molecule has 0 aliphatic rings. The predicted octanol–water partition coefficient (Wildman–Crippen LogP) is 4.78. The highest BCUT2D eigenvalue weighted by atomic mass is 16.3. The smallest absolute Gasteiger partial charge is 0.104 e. The Hall–Kier alpha value is -0.820. The van der Waals surface area contributed by atoms with Crippen molar-refractivity contribution in [2.45, 2.75) is 64.4 Å². The molecular weight excluding hydrogens is 208 g/mol. The zero-order valence-corrected chi connectivity index (χ0v) is 11.2. The average Bonchev–Trinajstić information content (AvgIpc) is 2.31. The second-order valence-electron chi connectivity index (χ2n) is 5.02. The van der Waals surface area contributed by atoms with Gasteiger partial charge in [-0.25, -0.2) is 5.11 Å². The molecule has 1 radical (unpaired) electrons. The van der Waals surface area contributed by atoms with Crippen LogP contribution in [0.4, 0.5) is 0 Å². The molecule has 0 bridgehead atoms. The fraction of sp³-hybridized carbons (Fsp3) is 0.625. The van der Waals surface area contributed by atoms with Gasteiger partial charge in [0, 0.05) is 0 Å². The van der Waals surface area contributed by atoms with Crippen LogP contribution in [0.5, 0.6) is 0 Å². The van der Waals surface area contributed by atoms with Gasteiger partial charge >= 0.3 is 0 Å². The van der Waals surface area contributed by atoms with Gasteiger partial charge in [0.15, 0.2) is 0 Å². The fourth-order valence-corrected chi connectivity index (χ4v) is 2.55. The summed E-state index contributed by atoms with van der Waals surface area (Å²) in [7, 11) is 0. The third-order valence-electron chi connectivity index (χ3n) is 3.35. The van der Waals surface area contributed by atoms with E-state index in [1.807, 2.05) is 6.07 Å². The van der Waals surface area contributed by atoms with Crippen LogP contribution in [0.1, 0.15) is 57.9 Å². The molecule has 0 atom stereocenters. The van der Waals surface area contributed by atoms with Crippen LogP contribution < -0.4 is 0 Å². The molecule has 0 fully saturated rings. The van der Waals surface area contributed by atoms with Gasteiger partial charge in [0.2, 0.25) is 0 Å². The Balaban J connectivity index is 2.37. The van der Waals surface area contributed by atoms with Crippen LogP contribution in [0.3, 0.4) is 0 Å². The molecule has 95 valence electrons. The average molecular weight is 233 g/mol. The summed E-state index contributed by atoms with van der Waals surface area (Å²) in [6.45, 7) is 4.22. The van der Waals surface area contributed by atoms with E-state index >= 15 is 0 Å². The zero-order chi connectivity index (χ0) is 12.6. The summed E-state index contributed by atoms with van der Waals surface area (Å²) >= 11 is 0. The molecule has 0 aliphatic heterocycles. The fourth-order valence-electron chi connectivity index (χ4n) is 2.55. The highest BCUT2D eigenvalue weighted by Gasteiger charge is 2.26. The normalized spacial score (nSPS) is 11.7. The second-order valence-corrected chi connectivity index (χ2v) is 5.02. The van der Waals surface area contributed by atoms with Crippen molar-refractivity contribution in [3.8, 4) is 0 Å². The lowest BCUT2D eigenvalue weighted by Crippen LogP contribution is -2.26. The maximum Gasteiger partial charge on any atom is 0.104 e. The van der Waals surface area contributed by atoms with Gasteiger partial charge in [-0.3, -0.25) is 0 Å². The van der Waals surface area contributed by atoms with Crippen molar-refractivity contribution in [1.29, 1.82) is 0 Å². The van der Waals surface area contributed by atoms with E-state index in [1.54, 1.807) is 0 Å². The number of hydrogen-bond donors (Lipinski definition) is 0. The summed E-state index contributed by atoms with van der Waals surface area (Å²) in [6, 6.07) is 10.5. The summed E-state index contributed by atoms with van der Waals surface area (Å²) in [4.78, 5) is 0. The van der Waals surface area contributed by atoms with Crippen molar-refractivity contribution in [2.75, 3.05) is 0 Å².